The van der Waals surface area contributed by atoms with E-state index in [-0.39, 0.29) is 31.1 Å². The Bertz CT molecular complexity index is 1470. The van der Waals surface area contributed by atoms with Crippen molar-refractivity contribution in [3.8, 4) is 0 Å². The summed E-state index contributed by atoms with van der Waals surface area (Å²) >= 11 is 0. The summed E-state index contributed by atoms with van der Waals surface area (Å²) in [6.07, 6.45) is 89.2. The normalized spacial score (nSPS) is 12.5. The van der Waals surface area contributed by atoms with Gasteiger partial charge in [-0.15, -0.1) is 0 Å². The molecule has 80 heavy (non-hydrogen) atoms. The van der Waals surface area contributed by atoms with Gasteiger partial charge in [0, 0.05) is 19.3 Å². The fourth-order valence-corrected chi connectivity index (χ4v) is 10.1. The van der Waals surface area contributed by atoms with Crippen LogP contribution in [0.3, 0.4) is 0 Å². The second kappa shape index (κ2) is 68.3. The first-order chi connectivity index (χ1) is 39.5. The fourth-order valence-electron chi connectivity index (χ4n) is 10.1. The molecule has 464 valence electrons. The van der Waals surface area contributed by atoms with Crippen LogP contribution in [-0.4, -0.2) is 37.2 Å². The third-order valence-corrected chi connectivity index (χ3v) is 15.4. The summed E-state index contributed by atoms with van der Waals surface area (Å²) in [6, 6.07) is 0. The van der Waals surface area contributed by atoms with E-state index in [0.717, 1.165) is 83.5 Å². The Kier molecular flexibility index (Phi) is 65.7. The molecule has 0 amide bonds. The summed E-state index contributed by atoms with van der Waals surface area (Å²) in [5.74, 6) is -0.874. The molecular weight excluding hydrogens is 985 g/mol. The lowest BCUT2D eigenvalue weighted by molar-refractivity contribution is -0.167. The van der Waals surface area contributed by atoms with Gasteiger partial charge in [0.15, 0.2) is 6.10 Å². The van der Waals surface area contributed by atoms with Gasteiger partial charge in [0.1, 0.15) is 13.2 Å². The molecule has 0 saturated carbocycles. The molecule has 0 aliphatic carbocycles. The smallest absolute Gasteiger partial charge is 0.306 e. The highest BCUT2D eigenvalue weighted by Crippen LogP contribution is 2.17. The maximum Gasteiger partial charge on any atom is 0.306 e. The van der Waals surface area contributed by atoms with Gasteiger partial charge in [0.05, 0.1) is 0 Å². The molecule has 6 nitrogen and oxygen atoms in total. The van der Waals surface area contributed by atoms with Gasteiger partial charge >= 0.3 is 17.9 Å². The Morgan fingerprint density at radius 2 is 0.450 bits per heavy atom. The highest BCUT2D eigenvalue weighted by atomic mass is 16.6. The molecule has 0 spiro atoms. The highest BCUT2D eigenvalue weighted by molar-refractivity contribution is 5.71. The van der Waals surface area contributed by atoms with Crippen LogP contribution in [0.4, 0.5) is 0 Å². The van der Waals surface area contributed by atoms with Crippen molar-refractivity contribution in [1.29, 1.82) is 0 Å². The Balaban J connectivity index is 4.32. The molecular formula is C74H132O6. The molecule has 0 radical (unpaired) electrons. The second-order valence-electron chi connectivity index (χ2n) is 23.4. The zero-order valence-electron chi connectivity index (χ0n) is 53.3. The summed E-state index contributed by atoms with van der Waals surface area (Å²) in [7, 11) is 0. The van der Waals surface area contributed by atoms with Crippen LogP contribution in [0, 0.1) is 0 Å². The molecule has 0 aliphatic heterocycles. The van der Waals surface area contributed by atoms with Crippen molar-refractivity contribution >= 4 is 17.9 Å². The van der Waals surface area contributed by atoms with E-state index in [4.69, 9.17) is 14.2 Å². The average Bonchev–Trinajstić information content (AvgIpc) is 3.46. The molecule has 0 bridgehead atoms. The summed E-state index contributed by atoms with van der Waals surface area (Å²) < 4.78 is 17.0. The van der Waals surface area contributed by atoms with Crippen LogP contribution in [0.2, 0.25) is 0 Å². The van der Waals surface area contributed by atoms with Crippen LogP contribution in [-0.2, 0) is 28.6 Å². The number of hydrogen-bond acceptors (Lipinski definition) is 6. The molecule has 1 atom stereocenters. The van der Waals surface area contributed by atoms with Gasteiger partial charge in [0.2, 0.25) is 0 Å². The maximum absolute atomic E-state index is 13.0. The van der Waals surface area contributed by atoms with E-state index in [1.54, 1.807) is 0 Å². The SMILES string of the molecule is CCCCCCC/C=C\C/C=C\C/C=C\CCCCCCCCCCCCC(=O)OCC(COC(=O)CCCCCCC/C=C\CCCCCCC)OC(=O)CCCCCCCCCCCCC/C=C\C/C=C\CCCCCCC. The lowest BCUT2D eigenvalue weighted by Crippen LogP contribution is -2.30. The quantitative estimate of drug-likeness (QED) is 0.0261. The first kappa shape index (κ1) is 76.9. The van der Waals surface area contributed by atoms with Gasteiger partial charge in [-0.25, -0.2) is 0 Å². The van der Waals surface area contributed by atoms with E-state index in [1.165, 1.54) is 238 Å². The lowest BCUT2D eigenvalue weighted by Gasteiger charge is -2.18. The third-order valence-electron chi connectivity index (χ3n) is 15.4. The van der Waals surface area contributed by atoms with Gasteiger partial charge in [-0.2, -0.15) is 0 Å². The number of ether oxygens (including phenoxy) is 3. The molecule has 0 N–H and O–H groups in total. The van der Waals surface area contributed by atoms with Crippen molar-refractivity contribution in [1.82, 2.24) is 0 Å². The molecule has 0 aliphatic rings. The largest absolute Gasteiger partial charge is 0.462 e. The molecule has 0 heterocycles. The van der Waals surface area contributed by atoms with Crippen molar-refractivity contribution in [2.75, 3.05) is 13.2 Å². The predicted molar refractivity (Wildman–Crippen MR) is 348 cm³/mol. The molecule has 0 aromatic heterocycles. The minimum absolute atomic E-state index is 0.0789. The molecule has 6 heteroatoms. The van der Waals surface area contributed by atoms with Gasteiger partial charge < -0.3 is 14.2 Å². The summed E-state index contributed by atoms with van der Waals surface area (Å²) in [4.78, 5) is 38.4. The number of esters is 3. The van der Waals surface area contributed by atoms with Gasteiger partial charge in [-0.05, 0) is 116 Å². The monoisotopic (exact) mass is 1120 g/mol. The van der Waals surface area contributed by atoms with Crippen molar-refractivity contribution in [2.24, 2.45) is 0 Å². The highest BCUT2D eigenvalue weighted by Gasteiger charge is 2.19. The average molecular weight is 1120 g/mol. The van der Waals surface area contributed by atoms with Crippen LogP contribution in [0.25, 0.3) is 0 Å². The Labute approximate surface area is 497 Å². The van der Waals surface area contributed by atoms with E-state index in [0.29, 0.717) is 19.3 Å². The van der Waals surface area contributed by atoms with Crippen molar-refractivity contribution in [3.05, 3.63) is 72.9 Å². The fraction of sp³-hybridized carbons (Fsp3) is 0.797. The van der Waals surface area contributed by atoms with Crippen molar-refractivity contribution in [2.45, 2.75) is 367 Å². The zero-order valence-corrected chi connectivity index (χ0v) is 53.3. The molecule has 0 saturated heterocycles. The summed E-state index contributed by atoms with van der Waals surface area (Å²) in [5, 5.41) is 0. The van der Waals surface area contributed by atoms with E-state index in [1.807, 2.05) is 0 Å². The summed E-state index contributed by atoms with van der Waals surface area (Å²) in [5.41, 5.74) is 0. The van der Waals surface area contributed by atoms with E-state index in [9.17, 15) is 14.4 Å². The molecule has 0 aromatic rings. The first-order valence-corrected chi connectivity index (χ1v) is 34.9. The Hall–Kier alpha value is -3.15. The second-order valence-corrected chi connectivity index (χ2v) is 23.4. The lowest BCUT2D eigenvalue weighted by atomic mass is 10.0. The first-order valence-electron chi connectivity index (χ1n) is 34.9. The minimum Gasteiger partial charge on any atom is -0.462 e. The molecule has 0 rings (SSSR count). The Morgan fingerprint density at radius 1 is 0.250 bits per heavy atom. The third kappa shape index (κ3) is 65.7. The van der Waals surface area contributed by atoms with Crippen LogP contribution in [0.1, 0.15) is 361 Å². The standard InChI is InChI=1S/C74H132O6/c1-4-7-10-13-16-19-22-25-28-30-32-34-36-37-39-40-42-44-46-49-52-55-58-61-64-67-73(76)79-70-71(69-78-72(75)66-63-60-57-54-51-48-27-24-21-18-15-12-9-6-3)80-74(77)68-65-62-59-56-53-50-47-45-43-41-38-35-33-31-29-26-23-20-17-14-11-8-5-2/h22-27,30-33,36-37,71H,4-21,28-29,34-35,38-70H2,1-3H3/b25-22-,26-23-,27-24-,32-30-,33-31-,37-36-. The van der Waals surface area contributed by atoms with E-state index >= 15 is 0 Å². The van der Waals surface area contributed by atoms with E-state index in [2.05, 4.69) is 93.7 Å². The Morgan fingerprint density at radius 3 is 0.713 bits per heavy atom. The van der Waals surface area contributed by atoms with Crippen LogP contribution in [0.15, 0.2) is 72.9 Å². The van der Waals surface area contributed by atoms with Crippen LogP contribution < -0.4 is 0 Å². The van der Waals surface area contributed by atoms with Gasteiger partial charge in [0.25, 0.3) is 0 Å². The summed E-state index contributed by atoms with van der Waals surface area (Å²) in [6.45, 7) is 6.64. The number of carbonyl (C=O) groups excluding carboxylic acids is 3. The zero-order chi connectivity index (χ0) is 57.8. The topological polar surface area (TPSA) is 78.9 Å². The molecule has 1 unspecified atom stereocenters. The van der Waals surface area contributed by atoms with Crippen LogP contribution in [0.5, 0.6) is 0 Å². The van der Waals surface area contributed by atoms with Crippen LogP contribution >= 0.6 is 0 Å². The van der Waals surface area contributed by atoms with E-state index < -0.39 is 6.10 Å². The predicted octanol–water partition coefficient (Wildman–Crippen LogP) is 24.1. The maximum atomic E-state index is 13.0. The number of rotatable bonds is 64. The number of unbranched alkanes of at least 4 members (excludes halogenated alkanes) is 41. The van der Waals surface area contributed by atoms with Crippen molar-refractivity contribution in [3.63, 3.8) is 0 Å². The van der Waals surface area contributed by atoms with Gasteiger partial charge in [-0.1, -0.05) is 299 Å². The number of carbonyl (C=O) groups is 3. The molecule has 0 aromatic carbocycles. The number of hydrogen-bond donors (Lipinski definition) is 0. The van der Waals surface area contributed by atoms with Crippen molar-refractivity contribution < 1.29 is 28.6 Å². The van der Waals surface area contributed by atoms with Gasteiger partial charge in [-0.3, -0.25) is 14.4 Å². The minimum atomic E-state index is -0.783. The molecule has 0 fully saturated rings. The number of allylic oxidation sites excluding steroid dienone is 12.